The molecular weight excluding hydrogens is 468 g/mol. The number of aliphatic hydroxyl groups is 1. The number of amides is 1. The molecule has 0 saturated heterocycles. The van der Waals surface area contributed by atoms with Crippen molar-refractivity contribution in [3.05, 3.63) is 94.4 Å². The van der Waals surface area contributed by atoms with Crippen molar-refractivity contribution in [1.29, 1.82) is 0 Å². The van der Waals surface area contributed by atoms with Crippen molar-refractivity contribution in [1.82, 2.24) is 25.1 Å². The molecule has 0 bridgehead atoms. The number of nitrogens with zero attached hydrogens (tertiary/aromatic N) is 5. The average Bonchev–Trinajstić information content (AvgIpc) is 3.46. The first-order chi connectivity index (χ1) is 16.4. The van der Waals surface area contributed by atoms with E-state index in [0.717, 1.165) is 0 Å². The third kappa shape index (κ3) is 4.02. The molecule has 8 nitrogen and oxygen atoms in total. The van der Waals surface area contributed by atoms with Gasteiger partial charge in [0, 0.05) is 30.1 Å². The van der Waals surface area contributed by atoms with Crippen molar-refractivity contribution < 1.29 is 23.1 Å². The minimum Gasteiger partial charge on any atom is -0.415 e. The predicted molar refractivity (Wildman–Crippen MR) is 116 cm³/mol. The van der Waals surface area contributed by atoms with Crippen LogP contribution in [0.25, 0.3) is 11.5 Å². The Balaban J connectivity index is 1.50. The van der Waals surface area contributed by atoms with Gasteiger partial charge in [-0.15, -0.1) is 10.2 Å². The molecular formula is C23H16ClF2N5O3. The number of hydrogen-bond acceptors (Lipinski definition) is 7. The Morgan fingerprint density at radius 1 is 1.06 bits per heavy atom. The second-order valence-corrected chi connectivity index (χ2v) is 8.03. The summed E-state index contributed by atoms with van der Waals surface area (Å²) in [5.74, 6) is -1.28. The molecule has 0 spiro atoms. The highest BCUT2D eigenvalue weighted by Crippen LogP contribution is 2.39. The molecule has 0 aliphatic carbocycles. The molecule has 3 aromatic heterocycles. The van der Waals surface area contributed by atoms with Crippen molar-refractivity contribution in [3.63, 3.8) is 0 Å². The lowest BCUT2D eigenvalue weighted by Crippen LogP contribution is -2.34. The maximum Gasteiger partial charge on any atom is 0.314 e. The van der Waals surface area contributed by atoms with Crippen LogP contribution in [0.5, 0.6) is 0 Å². The first-order valence-electron chi connectivity index (χ1n) is 10.2. The van der Waals surface area contributed by atoms with Crippen LogP contribution in [0.2, 0.25) is 5.02 Å². The molecule has 0 saturated carbocycles. The Bertz CT molecular complexity index is 1330. The molecule has 1 aromatic carbocycles. The summed E-state index contributed by atoms with van der Waals surface area (Å²) in [7, 11) is 0. The molecule has 0 fully saturated rings. The highest BCUT2D eigenvalue weighted by Gasteiger charge is 2.39. The van der Waals surface area contributed by atoms with Crippen molar-refractivity contribution in [2.45, 2.75) is 25.1 Å². The average molecular weight is 484 g/mol. The van der Waals surface area contributed by atoms with Gasteiger partial charge in [-0.25, -0.2) is 0 Å². The number of aromatic nitrogens is 4. The molecule has 0 unspecified atom stereocenters. The molecule has 2 atom stereocenters. The smallest absolute Gasteiger partial charge is 0.314 e. The summed E-state index contributed by atoms with van der Waals surface area (Å²) in [5.41, 5.74) is 2.18. The van der Waals surface area contributed by atoms with Gasteiger partial charge in [0.15, 0.2) is 0 Å². The normalized spacial score (nSPS) is 15.0. The van der Waals surface area contributed by atoms with E-state index in [1.54, 1.807) is 48.7 Å². The van der Waals surface area contributed by atoms with Crippen LogP contribution in [0.3, 0.4) is 0 Å². The van der Waals surface area contributed by atoms with Crippen LogP contribution in [0.4, 0.5) is 8.78 Å². The summed E-state index contributed by atoms with van der Waals surface area (Å²) in [6, 6.07) is 12.4. The van der Waals surface area contributed by atoms with E-state index in [2.05, 4.69) is 20.2 Å². The van der Waals surface area contributed by atoms with E-state index in [1.807, 2.05) is 0 Å². The third-order valence-electron chi connectivity index (χ3n) is 5.50. The molecule has 1 amide bonds. The van der Waals surface area contributed by atoms with Crippen molar-refractivity contribution in [2.24, 2.45) is 0 Å². The number of carbonyl (C=O) groups excluding carboxylic acids is 1. The van der Waals surface area contributed by atoms with Crippen LogP contribution in [-0.4, -0.2) is 36.1 Å². The zero-order valence-corrected chi connectivity index (χ0v) is 18.1. The van der Waals surface area contributed by atoms with Gasteiger partial charge in [-0.05, 0) is 42.0 Å². The van der Waals surface area contributed by atoms with Crippen molar-refractivity contribution in [3.8, 4) is 11.5 Å². The lowest BCUT2D eigenvalue weighted by atomic mass is 10.0. The van der Waals surface area contributed by atoms with Gasteiger partial charge in [0.1, 0.15) is 12.1 Å². The number of pyridine rings is 2. The van der Waals surface area contributed by atoms with Crippen molar-refractivity contribution >= 4 is 17.5 Å². The quantitative estimate of drug-likeness (QED) is 0.429. The second kappa shape index (κ2) is 8.88. The van der Waals surface area contributed by atoms with Crippen LogP contribution in [0, 0.1) is 0 Å². The molecule has 4 aromatic rings. The molecule has 172 valence electrons. The van der Waals surface area contributed by atoms with Crippen LogP contribution in [0.15, 0.2) is 65.3 Å². The Labute approximate surface area is 196 Å². The standard InChI is InChI=1S/C23H16ClF2N5O3/c24-14-6-7-17(28-10-14)19(32)18(16-3-1-2-8-27-16)31-11-13-5-4-12(9-15(13)23(31)33)21-29-30-22(34-21)20(25)26/h1-10,18-20,32H,11H2/t18-,19+/m1/s1. The van der Waals surface area contributed by atoms with Gasteiger partial charge in [-0.3, -0.25) is 14.8 Å². The Hall–Kier alpha value is -3.76. The number of fused-ring (bicyclic) bond motifs is 1. The maximum atomic E-state index is 13.5. The lowest BCUT2D eigenvalue weighted by Gasteiger charge is -2.31. The summed E-state index contributed by atoms with van der Waals surface area (Å²) >= 11 is 5.93. The summed E-state index contributed by atoms with van der Waals surface area (Å²) in [6.07, 6.45) is -1.09. The monoisotopic (exact) mass is 483 g/mol. The Morgan fingerprint density at radius 3 is 2.59 bits per heavy atom. The van der Waals surface area contributed by atoms with Gasteiger partial charge >= 0.3 is 6.43 Å². The van der Waals surface area contributed by atoms with Crippen molar-refractivity contribution in [2.75, 3.05) is 0 Å². The van der Waals surface area contributed by atoms with E-state index in [1.165, 1.54) is 17.2 Å². The molecule has 0 radical (unpaired) electrons. The summed E-state index contributed by atoms with van der Waals surface area (Å²) in [4.78, 5) is 23.5. The molecule has 11 heteroatoms. The van der Waals surface area contributed by atoms with E-state index in [-0.39, 0.29) is 18.3 Å². The largest absolute Gasteiger partial charge is 0.415 e. The molecule has 4 heterocycles. The van der Waals surface area contributed by atoms with Gasteiger partial charge in [0.05, 0.1) is 16.4 Å². The first kappa shape index (κ1) is 22.1. The van der Waals surface area contributed by atoms with Crippen LogP contribution in [-0.2, 0) is 6.54 Å². The van der Waals surface area contributed by atoms with E-state index in [0.29, 0.717) is 33.1 Å². The van der Waals surface area contributed by atoms with E-state index in [9.17, 15) is 18.7 Å². The van der Waals surface area contributed by atoms with Gasteiger partial charge in [-0.1, -0.05) is 23.7 Å². The summed E-state index contributed by atoms with van der Waals surface area (Å²) < 4.78 is 30.6. The minimum atomic E-state index is -2.89. The molecule has 1 aliphatic rings. The van der Waals surface area contributed by atoms with E-state index < -0.39 is 24.5 Å². The van der Waals surface area contributed by atoms with E-state index in [4.69, 9.17) is 16.0 Å². The topological polar surface area (TPSA) is 105 Å². The molecule has 5 rings (SSSR count). The van der Waals surface area contributed by atoms with Crippen LogP contribution < -0.4 is 0 Å². The zero-order chi connectivity index (χ0) is 23.8. The number of carbonyl (C=O) groups is 1. The van der Waals surface area contributed by atoms with E-state index >= 15 is 0 Å². The third-order valence-corrected chi connectivity index (χ3v) is 5.72. The fourth-order valence-corrected chi connectivity index (χ4v) is 4.00. The second-order valence-electron chi connectivity index (χ2n) is 7.60. The van der Waals surface area contributed by atoms with Crippen LogP contribution >= 0.6 is 11.6 Å². The summed E-state index contributed by atoms with van der Waals surface area (Å²) in [6.45, 7) is 0.201. The van der Waals surface area contributed by atoms with Crippen LogP contribution in [0.1, 0.15) is 51.8 Å². The summed E-state index contributed by atoms with van der Waals surface area (Å²) in [5, 5.41) is 18.6. The number of benzene rings is 1. The lowest BCUT2D eigenvalue weighted by molar-refractivity contribution is 0.0332. The zero-order valence-electron chi connectivity index (χ0n) is 17.3. The van der Waals surface area contributed by atoms with Gasteiger partial charge < -0.3 is 14.4 Å². The molecule has 1 aliphatic heterocycles. The number of halogens is 3. The fourth-order valence-electron chi connectivity index (χ4n) is 3.89. The highest BCUT2D eigenvalue weighted by molar-refractivity contribution is 6.30. The SMILES string of the molecule is O=C1c2cc(-c3nnc(C(F)F)o3)ccc2CN1[C@H](c1ccccn1)[C@@H](O)c1ccc(Cl)cn1. The predicted octanol–water partition coefficient (Wildman–Crippen LogP) is 4.55. The highest BCUT2D eigenvalue weighted by atomic mass is 35.5. The Morgan fingerprint density at radius 2 is 1.91 bits per heavy atom. The maximum absolute atomic E-state index is 13.5. The number of aliphatic hydroxyl groups excluding tert-OH is 1. The fraction of sp³-hybridized carbons (Fsp3) is 0.174. The number of alkyl halides is 2. The molecule has 1 N–H and O–H groups in total. The molecule has 34 heavy (non-hydrogen) atoms. The number of rotatable bonds is 6. The van der Waals surface area contributed by atoms with Gasteiger partial charge in [0.2, 0.25) is 5.89 Å². The van der Waals surface area contributed by atoms with Gasteiger partial charge in [-0.2, -0.15) is 8.78 Å². The Kier molecular flexibility index (Phi) is 5.76. The minimum absolute atomic E-state index is 0.115. The number of hydrogen-bond donors (Lipinski definition) is 1. The first-order valence-corrected chi connectivity index (χ1v) is 10.6. The van der Waals surface area contributed by atoms with Gasteiger partial charge in [0.25, 0.3) is 11.8 Å².